The van der Waals surface area contributed by atoms with Gasteiger partial charge >= 0.3 is 0 Å². The van der Waals surface area contributed by atoms with Gasteiger partial charge in [0.2, 0.25) is 0 Å². The second-order valence-electron chi connectivity index (χ2n) is 5.57. The van der Waals surface area contributed by atoms with Crippen molar-refractivity contribution >= 4 is 5.69 Å². The fourth-order valence-electron chi connectivity index (χ4n) is 2.77. The molecule has 1 saturated heterocycles. The molecule has 2 aliphatic rings. The van der Waals surface area contributed by atoms with Gasteiger partial charge in [-0.3, -0.25) is 0 Å². The van der Waals surface area contributed by atoms with Gasteiger partial charge in [-0.15, -0.1) is 0 Å². The minimum Gasteiger partial charge on any atom is -0.364 e. The number of benzene rings is 1. The molecule has 1 aromatic rings. The summed E-state index contributed by atoms with van der Waals surface area (Å²) in [6.45, 7) is 3.34. The summed E-state index contributed by atoms with van der Waals surface area (Å²) in [6, 6.07) is 1.99. The Labute approximate surface area is 110 Å². The van der Waals surface area contributed by atoms with Crippen molar-refractivity contribution in [3.8, 4) is 0 Å². The normalized spacial score (nSPS) is 27.7. The zero-order valence-electron chi connectivity index (χ0n) is 10.8. The van der Waals surface area contributed by atoms with E-state index in [-0.39, 0.29) is 11.7 Å². The summed E-state index contributed by atoms with van der Waals surface area (Å²) in [5, 5.41) is 3.44. The molecule has 5 heteroatoms. The Bertz CT molecular complexity index is 488. The van der Waals surface area contributed by atoms with Crippen molar-refractivity contribution in [2.75, 3.05) is 18.0 Å². The molecule has 2 fully saturated rings. The third kappa shape index (κ3) is 2.43. The Morgan fingerprint density at radius 2 is 1.79 bits per heavy atom. The van der Waals surface area contributed by atoms with E-state index in [2.05, 4.69) is 5.32 Å². The van der Waals surface area contributed by atoms with Gasteiger partial charge in [0.05, 0.1) is 5.69 Å². The van der Waals surface area contributed by atoms with Crippen LogP contribution in [0.15, 0.2) is 12.1 Å². The molecule has 3 rings (SSSR count). The van der Waals surface area contributed by atoms with Crippen LogP contribution in [0.5, 0.6) is 0 Å². The molecule has 0 amide bonds. The van der Waals surface area contributed by atoms with Gasteiger partial charge in [-0.05, 0) is 25.7 Å². The van der Waals surface area contributed by atoms with E-state index < -0.39 is 17.5 Å². The highest BCUT2D eigenvalue weighted by Crippen LogP contribution is 2.35. The van der Waals surface area contributed by atoms with E-state index in [1.54, 1.807) is 0 Å². The Morgan fingerprint density at radius 1 is 1.11 bits per heavy atom. The maximum absolute atomic E-state index is 13.9. The van der Waals surface area contributed by atoms with Crippen molar-refractivity contribution in [3.05, 3.63) is 29.6 Å². The first-order valence-electron chi connectivity index (χ1n) is 6.71. The van der Waals surface area contributed by atoms with Crippen molar-refractivity contribution in [1.29, 1.82) is 0 Å². The smallest absolute Gasteiger partial charge is 0.161 e. The van der Waals surface area contributed by atoms with Crippen LogP contribution in [0.2, 0.25) is 0 Å². The summed E-state index contributed by atoms with van der Waals surface area (Å²) in [5.41, 5.74) is 0.165. The van der Waals surface area contributed by atoms with E-state index in [9.17, 15) is 13.2 Å². The topological polar surface area (TPSA) is 15.3 Å². The quantitative estimate of drug-likeness (QED) is 0.831. The van der Waals surface area contributed by atoms with Crippen LogP contribution < -0.4 is 10.2 Å². The number of hydrogen-bond donors (Lipinski definition) is 1. The van der Waals surface area contributed by atoms with Crippen molar-refractivity contribution in [2.45, 2.75) is 31.8 Å². The van der Waals surface area contributed by atoms with Crippen LogP contribution in [0.4, 0.5) is 18.9 Å². The molecule has 0 aromatic heterocycles. The maximum Gasteiger partial charge on any atom is 0.161 e. The zero-order chi connectivity index (χ0) is 13.6. The van der Waals surface area contributed by atoms with Crippen LogP contribution in [0.3, 0.4) is 0 Å². The summed E-state index contributed by atoms with van der Waals surface area (Å²) in [5.74, 6) is -2.18. The molecule has 1 heterocycles. The molecule has 0 bridgehead atoms. The van der Waals surface area contributed by atoms with E-state index in [1.807, 2.05) is 11.8 Å². The first-order valence-corrected chi connectivity index (χ1v) is 6.71. The van der Waals surface area contributed by atoms with Crippen molar-refractivity contribution in [1.82, 2.24) is 5.32 Å². The molecule has 104 valence electrons. The average Bonchev–Trinajstić information content (AvgIpc) is 3.19. The fourth-order valence-corrected chi connectivity index (χ4v) is 2.77. The first kappa shape index (κ1) is 12.8. The number of halogens is 3. The van der Waals surface area contributed by atoms with Gasteiger partial charge in [0.25, 0.3) is 0 Å². The van der Waals surface area contributed by atoms with Crippen LogP contribution in [0.1, 0.15) is 19.8 Å². The standard InChI is InChI=1S/C14H17F3N2/c1-8-6-18-13(9-2-3-9)7-19(8)14-5-11(16)10(15)4-12(14)17/h4-5,8-9,13,18H,2-3,6-7H2,1H3. The number of nitrogens with zero attached hydrogens (tertiary/aromatic N) is 1. The highest BCUT2D eigenvalue weighted by atomic mass is 19.2. The van der Waals surface area contributed by atoms with Crippen LogP contribution in [-0.2, 0) is 0 Å². The van der Waals surface area contributed by atoms with Gasteiger partial charge in [0.1, 0.15) is 5.82 Å². The largest absolute Gasteiger partial charge is 0.364 e. The van der Waals surface area contributed by atoms with Crippen molar-refractivity contribution in [3.63, 3.8) is 0 Å². The number of piperazine rings is 1. The Kier molecular flexibility index (Phi) is 3.17. The van der Waals surface area contributed by atoms with Gasteiger partial charge in [-0.2, -0.15) is 0 Å². The van der Waals surface area contributed by atoms with E-state index in [4.69, 9.17) is 0 Å². The van der Waals surface area contributed by atoms with Gasteiger partial charge in [0.15, 0.2) is 11.6 Å². The molecule has 2 nitrogen and oxygen atoms in total. The number of nitrogens with one attached hydrogen (secondary N) is 1. The van der Waals surface area contributed by atoms with Crippen LogP contribution in [-0.4, -0.2) is 25.2 Å². The van der Waals surface area contributed by atoms with Crippen molar-refractivity contribution < 1.29 is 13.2 Å². The molecule has 0 radical (unpaired) electrons. The molecular formula is C14H17F3N2. The summed E-state index contributed by atoms with van der Waals surface area (Å²) in [7, 11) is 0. The molecule has 1 aromatic carbocycles. The zero-order valence-corrected chi connectivity index (χ0v) is 10.8. The lowest BCUT2D eigenvalue weighted by molar-refractivity contribution is 0.372. The molecule has 1 aliphatic heterocycles. The lowest BCUT2D eigenvalue weighted by atomic mass is 10.0. The first-order chi connectivity index (χ1) is 9.06. The number of anilines is 1. The highest BCUT2D eigenvalue weighted by Gasteiger charge is 2.36. The van der Waals surface area contributed by atoms with Crippen LogP contribution in [0.25, 0.3) is 0 Å². The molecule has 1 saturated carbocycles. The monoisotopic (exact) mass is 270 g/mol. The second kappa shape index (κ2) is 4.71. The summed E-state index contributed by atoms with van der Waals surface area (Å²) in [4.78, 5) is 1.84. The molecule has 2 unspecified atom stereocenters. The molecular weight excluding hydrogens is 253 g/mol. The van der Waals surface area contributed by atoms with Crippen LogP contribution in [0, 0.1) is 23.4 Å². The average molecular weight is 270 g/mol. The lowest BCUT2D eigenvalue weighted by Crippen LogP contribution is -2.56. The third-order valence-corrected chi connectivity index (χ3v) is 4.09. The van der Waals surface area contributed by atoms with E-state index >= 15 is 0 Å². The van der Waals surface area contributed by atoms with E-state index in [0.29, 0.717) is 24.6 Å². The second-order valence-corrected chi connectivity index (χ2v) is 5.57. The Hall–Kier alpha value is -1.23. The van der Waals surface area contributed by atoms with Crippen LogP contribution >= 0.6 is 0 Å². The minimum absolute atomic E-state index is 0.0642. The summed E-state index contributed by atoms with van der Waals surface area (Å²) in [6.07, 6.45) is 2.39. The van der Waals surface area contributed by atoms with Gasteiger partial charge in [0, 0.05) is 37.3 Å². The van der Waals surface area contributed by atoms with E-state index in [0.717, 1.165) is 12.6 Å². The predicted octanol–water partition coefficient (Wildman–Crippen LogP) is 2.68. The molecule has 2 atom stereocenters. The highest BCUT2D eigenvalue weighted by molar-refractivity contribution is 5.50. The van der Waals surface area contributed by atoms with Gasteiger partial charge in [-0.25, -0.2) is 13.2 Å². The maximum atomic E-state index is 13.9. The molecule has 0 spiro atoms. The number of rotatable bonds is 2. The Morgan fingerprint density at radius 3 is 2.47 bits per heavy atom. The van der Waals surface area contributed by atoms with Crippen molar-refractivity contribution in [2.24, 2.45) is 5.92 Å². The molecule has 1 aliphatic carbocycles. The van der Waals surface area contributed by atoms with E-state index in [1.165, 1.54) is 12.8 Å². The number of hydrogen-bond acceptors (Lipinski definition) is 2. The summed E-state index contributed by atoms with van der Waals surface area (Å²) < 4.78 is 40.2. The minimum atomic E-state index is -1.14. The van der Waals surface area contributed by atoms with Gasteiger partial charge in [-0.1, -0.05) is 0 Å². The Balaban J connectivity index is 1.88. The SMILES string of the molecule is CC1CNC(C2CC2)CN1c1cc(F)c(F)cc1F. The lowest BCUT2D eigenvalue weighted by Gasteiger charge is -2.40. The molecule has 1 N–H and O–H groups in total. The molecule has 19 heavy (non-hydrogen) atoms. The third-order valence-electron chi connectivity index (χ3n) is 4.09. The van der Waals surface area contributed by atoms with Gasteiger partial charge < -0.3 is 10.2 Å². The predicted molar refractivity (Wildman–Crippen MR) is 67.6 cm³/mol. The fraction of sp³-hybridized carbons (Fsp3) is 0.571. The summed E-state index contributed by atoms with van der Waals surface area (Å²) >= 11 is 0.